The summed E-state index contributed by atoms with van der Waals surface area (Å²) in [7, 11) is 2.06. The SMILES string of the molecule is CN1CCC(NC(=O)Cn2cc([N+](=O)[O-])cn2)CC1. The van der Waals surface area contributed by atoms with Crippen molar-refractivity contribution in [3.63, 3.8) is 0 Å². The number of nitrogens with zero attached hydrogens (tertiary/aromatic N) is 4. The Labute approximate surface area is 110 Å². The maximum absolute atomic E-state index is 11.8. The topological polar surface area (TPSA) is 93.3 Å². The molecule has 1 aliphatic rings. The lowest BCUT2D eigenvalue weighted by atomic mass is 10.1. The lowest BCUT2D eigenvalue weighted by molar-refractivity contribution is -0.385. The first kappa shape index (κ1) is 13.5. The zero-order chi connectivity index (χ0) is 13.8. The van der Waals surface area contributed by atoms with Gasteiger partial charge in [0.25, 0.3) is 0 Å². The van der Waals surface area contributed by atoms with E-state index in [1.54, 1.807) is 0 Å². The van der Waals surface area contributed by atoms with Crippen LogP contribution in [0.25, 0.3) is 0 Å². The first-order chi connectivity index (χ1) is 9.04. The Balaban J connectivity index is 1.82. The van der Waals surface area contributed by atoms with Gasteiger partial charge in [-0.1, -0.05) is 0 Å². The summed E-state index contributed by atoms with van der Waals surface area (Å²) in [5.74, 6) is -0.160. The molecule has 2 heterocycles. The normalized spacial score (nSPS) is 17.3. The third kappa shape index (κ3) is 3.75. The van der Waals surface area contributed by atoms with E-state index in [1.807, 2.05) is 0 Å². The number of hydrogen-bond donors (Lipinski definition) is 1. The minimum absolute atomic E-state index is 0.0141. The van der Waals surface area contributed by atoms with Gasteiger partial charge in [-0.25, -0.2) is 0 Å². The third-order valence-corrected chi connectivity index (χ3v) is 3.22. The molecule has 1 saturated heterocycles. The molecular formula is C11H17N5O3. The van der Waals surface area contributed by atoms with Gasteiger partial charge in [0, 0.05) is 6.04 Å². The molecule has 8 heteroatoms. The molecule has 1 aromatic heterocycles. The zero-order valence-corrected chi connectivity index (χ0v) is 10.8. The van der Waals surface area contributed by atoms with Crippen LogP contribution in [0.2, 0.25) is 0 Å². The van der Waals surface area contributed by atoms with Gasteiger partial charge in [0.05, 0.1) is 4.92 Å². The van der Waals surface area contributed by atoms with Gasteiger partial charge in [-0.2, -0.15) is 5.10 Å². The van der Waals surface area contributed by atoms with Crippen molar-refractivity contribution in [3.05, 3.63) is 22.5 Å². The molecule has 19 heavy (non-hydrogen) atoms. The Kier molecular flexibility index (Phi) is 4.10. The molecular weight excluding hydrogens is 250 g/mol. The molecule has 8 nitrogen and oxygen atoms in total. The van der Waals surface area contributed by atoms with Gasteiger partial charge in [0.15, 0.2) is 0 Å². The van der Waals surface area contributed by atoms with Gasteiger partial charge in [0.1, 0.15) is 18.9 Å². The summed E-state index contributed by atoms with van der Waals surface area (Å²) in [6.45, 7) is 1.95. The third-order valence-electron chi connectivity index (χ3n) is 3.22. The van der Waals surface area contributed by atoms with Gasteiger partial charge in [-0.05, 0) is 33.0 Å². The maximum atomic E-state index is 11.8. The molecule has 1 aliphatic heterocycles. The van der Waals surface area contributed by atoms with Crippen molar-refractivity contribution in [3.8, 4) is 0 Å². The van der Waals surface area contributed by atoms with Crippen LogP contribution in [0.4, 0.5) is 5.69 Å². The fourth-order valence-electron chi connectivity index (χ4n) is 2.11. The van der Waals surface area contributed by atoms with Crippen molar-refractivity contribution in [2.45, 2.75) is 25.4 Å². The van der Waals surface area contributed by atoms with Crippen molar-refractivity contribution >= 4 is 11.6 Å². The Morgan fingerprint density at radius 1 is 1.58 bits per heavy atom. The van der Waals surface area contributed by atoms with Gasteiger partial charge >= 0.3 is 5.69 Å². The smallest absolute Gasteiger partial charge is 0.307 e. The Bertz CT molecular complexity index is 465. The maximum Gasteiger partial charge on any atom is 0.307 e. The number of carbonyl (C=O) groups is 1. The van der Waals surface area contributed by atoms with Crippen LogP contribution in [-0.2, 0) is 11.3 Å². The minimum Gasteiger partial charge on any atom is -0.352 e. The molecule has 104 valence electrons. The largest absolute Gasteiger partial charge is 0.352 e. The van der Waals surface area contributed by atoms with E-state index in [0.29, 0.717) is 0 Å². The summed E-state index contributed by atoms with van der Waals surface area (Å²) < 4.78 is 1.28. The highest BCUT2D eigenvalue weighted by Crippen LogP contribution is 2.09. The summed E-state index contributed by atoms with van der Waals surface area (Å²) in [5, 5.41) is 17.2. The second kappa shape index (κ2) is 5.79. The number of piperidine rings is 1. The summed E-state index contributed by atoms with van der Waals surface area (Å²) in [5.41, 5.74) is -0.105. The van der Waals surface area contributed by atoms with Crippen LogP contribution in [0, 0.1) is 10.1 Å². The molecule has 2 rings (SSSR count). The molecule has 1 N–H and O–H groups in total. The van der Waals surface area contributed by atoms with E-state index in [9.17, 15) is 14.9 Å². The lowest BCUT2D eigenvalue weighted by Crippen LogP contribution is -2.44. The number of carbonyl (C=O) groups excluding carboxylic acids is 1. The highest BCUT2D eigenvalue weighted by molar-refractivity contribution is 5.76. The van der Waals surface area contributed by atoms with Gasteiger partial charge < -0.3 is 10.2 Å². The van der Waals surface area contributed by atoms with Crippen LogP contribution in [0.15, 0.2) is 12.4 Å². The number of likely N-dealkylation sites (tertiary alicyclic amines) is 1. The van der Waals surface area contributed by atoms with Crippen molar-refractivity contribution in [2.24, 2.45) is 0 Å². The average molecular weight is 267 g/mol. The molecule has 1 fully saturated rings. The van der Waals surface area contributed by atoms with E-state index >= 15 is 0 Å². The molecule has 0 aliphatic carbocycles. The summed E-state index contributed by atoms with van der Waals surface area (Å²) in [4.78, 5) is 24.0. The van der Waals surface area contributed by atoms with Crippen molar-refractivity contribution in [1.29, 1.82) is 0 Å². The Morgan fingerprint density at radius 3 is 2.84 bits per heavy atom. The number of hydrogen-bond acceptors (Lipinski definition) is 5. The van der Waals surface area contributed by atoms with Gasteiger partial charge in [-0.15, -0.1) is 0 Å². The highest BCUT2D eigenvalue weighted by Gasteiger charge is 2.19. The van der Waals surface area contributed by atoms with E-state index in [0.717, 1.165) is 32.1 Å². The van der Waals surface area contributed by atoms with Crippen LogP contribution >= 0.6 is 0 Å². The quantitative estimate of drug-likeness (QED) is 0.612. The molecule has 0 atom stereocenters. The van der Waals surface area contributed by atoms with Crippen molar-refractivity contribution in [1.82, 2.24) is 20.0 Å². The Morgan fingerprint density at radius 2 is 2.26 bits per heavy atom. The van der Waals surface area contributed by atoms with Gasteiger partial charge in [-0.3, -0.25) is 19.6 Å². The second-order valence-electron chi connectivity index (χ2n) is 4.80. The lowest BCUT2D eigenvalue weighted by Gasteiger charge is -2.29. The molecule has 0 saturated carbocycles. The average Bonchev–Trinajstić information content (AvgIpc) is 2.80. The second-order valence-corrected chi connectivity index (χ2v) is 4.80. The van der Waals surface area contributed by atoms with Crippen LogP contribution in [-0.4, -0.2) is 51.7 Å². The standard InChI is InChI=1S/C11H17N5O3/c1-14-4-2-9(3-5-14)13-11(17)8-15-7-10(6-12-15)16(18)19/h6-7,9H,2-5,8H2,1H3,(H,13,17). The van der Waals surface area contributed by atoms with Crippen LogP contribution in [0.1, 0.15) is 12.8 Å². The number of rotatable bonds is 4. The fourth-order valence-corrected chi connectivity index (χ4v) is 2.11. The summed E-state index contributed by atoms with van der Waals surface area (Å²) in [6, 6.07) is 0.189. The van der Waals surface area contributed by atoms with E-state index in [-0.39, 0.29) is 24.2 Å². The van der Waals surface area contributed by atoms with Crippen LogP contribution < -0.4 is 5.32 Å². The molecule has 1 aromatic rings. The molecule has 0 unspecified atom stereocenters. The predicted molar refractivity (Wildman–Crippen MR) is 67.5 cm³/mol. The van der Waals surface area contributed by atoms with Crippen LogP contribution in [0.3, 0.4) is 0 Å². The molecule has 0 radical (unpaired) electrons. The molecule has 0 bridgehead atoms. The molecule has 0 aromatic carbocycles. The summed E-state index contributed by atoms with van der Waals surface area (Å²) >= 11 is 0. The number of amides is 1. The number of nitro groups is 1. The van der Waals surface area contributed by atoms with Crippen LogP contribution in [0.5, 0.6) is 0 Å². The molecule has 1 amide bonds. The monoisotopic (exact) mass is 267 g/mol. The van der Waals surface area contributed by atoms with E-state index in [2.05, 4.69) is 22.4 Å². The first-order valence-electron chi connectivity index (χ1n) is 6.19. The Hall–Kier alpha value is -1.96. The van der Waals surface area contributed by atoms with Gasteiger partial charge in [0.2, 0.25) is 5.91 Å². The van der Waals surface area contributed by atoms with E-state index in [1.165, 1.54) is 10.9 Å². The fraction of sp³-hybridized carbons (Fsp3) is 0.636. The number of aromatic nitrogens is 2. The molecule has 0 spiro atoms. The van der Waals surface area contributed by atoms with Crippen molar-refractivity contribution in [2.75, 3.05) is 20.1 Å². The minimum atomic E-state index is -0.529. The first-order valence-corrected chi connectivity index (χ1v) is 6.19. The van der Waals surface area contributed by atoms with E-state index < -0.39 is 4.92 Å². The predicted octanol–water partition coefficient (Wildman–Crippen LogP) is 0.00170. The summed E-state index contributed by atoms with van der Waals surface area (Å²) in [6.07, 6.45) is 4.26. The highest BCUT2D eigenvalue weighted by atomic mass is 16.6. The zero-order valence-electron chi connectivity index (χ0n) is 10.8. The number of nitrogens with one attached hydrogen (secondary N) is 1. The van der Waals surface area contributed by atoms with Crippen molar-refractivity contribution < 1.29 is 9.72 Å². The van der Waals surface area contributed by atoms with E-state index in [4.69, 9.17) is 0 Å².